The van der Waals surface area contributed by atoms with Crippen molar-refractivity contribution >= 4 is 5.82 Å². The molecule has 1 saturated heterocycles. The predicted octanol–water partition coefficient (Wildman–Crippen LogP) is 1.95. The second-order valence-corrected chi connectivity index (χ2v) is 4.59. The molecule has 0 aliphatic carbocycles. The van der Waals surface area contributed by atoms with E-state index in [9.17, 15) is 0 Å². The van der Waals surface area contributed by atoms with Crippen LogP contribution in [0.2, 0.25) is 0 Å². The minimum Gasteiger partial charge on any atom is -0.354 e. The fourth-order valence-corrected chi connectivity index (χ4v) is 2.05. The van der Waals surface area contributed by atoms with Gasteiger partial charge in [-0.15, -0.1) is 0 Å². The molecule has 1 aliphatic heterocycles. The summed E-state index contributed by atoms with van der Waals surface area (Å²) in [6.07, 6.45) is 7.20. The van der Waals surface area contributed by atoms with Gasteiger partial charge in [-0.3, -0.25) is 0 Å². The molecule has 1 aromatic rings. The zero-order valence-electron chi connectivity index (χ0n) is 10.8. The monoisotopic (exact) mass is 231 g/mol. The van der Waals surface area contributed by atoms with Gasteiger partial charge >= 0.3 is 0 Å². The highest BCUT2D eigenvalue weighted by Crippen LogP contribution is 2.15. The number of anilines is 1. The van der Waals surface area contributed by atoms with E-state index in [4.69, 9.17) is 0 Å². The minimum absolute atomic E-state index is 1.000. The van der Waals surface area contributed by atoms with Gasteiger partial charge in [-0.25, -0.2) is 4.98 Å². The van der Waals surface area contributed by atoms with Crippen LogP contribution in [0.5, 0.6) is 0 Å². The molecule has 1 fully saturated rings. The zero-order valence-corrected chi connectivity index (χ0v) is 10.8. The zero-order chi connectivity index (χ0) is 12.1. The van der Waals surface area contributed by atoms with E-state index >= 15 is 0 Å². The molecule has 17 heavy (non-hydrogen) atoms. The highest BCUT2D eigenvalue weighted by Gasteiger charge is 2.14. The lowest BCUT2D eigenvalue weighted by Crippen LogP contribution is -2.44. The number of hydrogen-bond acceptors (Lipinski definition) is 3. The van der Waals surface area contributed by atoms with Crippen LogP contribution in [0.3, 0.4) is 0 Å². The summed E-state index contributed by atoms with van der Waals surface area (Å²) in [5.74, 6) is 1.13. The molecule has 0 saturated carbocycles. The summed E-state index contributed by atoms with van der Waals surface area (Å²) in [6.45, 7) is 6.47. The summed E-state index contributed by atoms with van der Waals surface area (Å²) in [5.41, 5.74) is 1.34. The van der Waals surface area contributed by atoms with E-state index in [0.717, 1.165) is 38.4 Å². The first kappa shape index (κ1) is 12.1. The maximum Gasteiger partial charge on any atom is 0.128 e. The molecule has 3 heteroatoms. The predicted molar refractivity (Wildman–Crippen MR) is 72.5 cm³/mol. The Hall–Kier alpha value is -1.35. The molecular weight excluding hydrogens is 210 g/mol. The smallest absolute Gasteiger partial charge is 0.128 e. The van der Waals surface area contributed by atoms with Gasteiger partial charge < -0.3 is 9.80 Å². The lowest BCUT2D eigenvalue weighted by molar-refractivity contribution is 0.312. The number of hydrogen-bond donors (Lipinski definition) is 0. The van der Waals surface area contributed by atoms with Crippen molar-refractivity contribution in [3.63, 3.8) is 0 Å². The molecule has 0 aromatic carbocycles. The average molecular weight is 231 g/mol. The first-order chi connectivity index (χ1) is 8.29. The van der Waals surface area contributed by atoms with E-state index < -0.39 is 0 Å². The molecule has 3 nitrogen and oxygen atoms in total. The van der Waals surface area contributed by atoms with Crippen LogP contribution in [0.1, 0.15) is 12.5 Å². The van der Waals surface area contributed by atoms with Gasteiger partial charge in [0.2, 0.25) is 0 Å². The second-order valence-electron chi connectivity index (χ2n) is 4.59. The summed E-state index contributed by atoms with van der Waals surface area (Å²) in [4.78, 5) is 9.21. The van der Waals surface area contributed by atoms with Crippen molar-refractivity contribution in [2.45, 2.75) is 13.3 Å². The van der Waals surface area contributed by atoms with Crippen molar-refractivity contribution in [3.05, 3.63) is 36.0 Å². The quantitative estimate of drug-likeness (QED) is 0.741. The third-order valence-corrected chi connectivity index (χ3v) is 3.23. The van der Waals surface area contributed by atoms with Crippen LogP contribution < -0.4 is 4.90 Å². The van der Waals surface area contributed by atoms with Crippen LogP contribution in [0.15, 0.2) is 30.5 Å². The fraction of sp³-hybridized carbons (Fsp3) is 0.500. The fourth-order valence-electron chi connectivity index (χ4n) is 2.05. The Morgan fingerprint density at radius 2 is 2.06 bits per heavy atom. The lowest BCUT2D eigenvalue weighted by atomic mass is 10.2. The molecule has 0 bridgehead atoms. The third-order valence-electron chi connectivity index (χ3n) is 3.23. The molecule has 0 spiro atoms. The van der Waals surface area contributed by atoms with Crippen molar-refractivity contribution in [2.24, 2.45) is 0 Å². The highest BCUT2D eigenvalue weighted by atomic mass is 15.3. The standard InChI is InChI=1S/C14H21N3/c1-3-4-5-13-6-7-15-14(12-13)17-10-8-16(2)9-11-17/h3-4,6-7,12H,5,8-11H2,1-2H3/b4-3-. The summed E-state index contributed by atoms with van der Waals surface area (Å²) < 4.78 is 0. The van der Waals surface area contributed by atoms with Gasteiger partial charge in [0.15, 0.2) is 0 Å². The van der Waals surface area contributed by atoms with Gasteiger partial charge in [0.05, 0.1) is 0 Å². The van der Waals surface area contributed by atoms with Crippen LogP contribution in [0, 0.1) is 0 Å². The van der Waals surface area contributed by atoms with Crippen LogP contribution in [-0.4, -0.2) is 43.1 Å². The molecular formula is C14H21N3. The summed E-state index contributed by atoms with van der Waals surface area (Å²) in [6, 6.07) is 4.31. The Morgan fingerprint density at radius 1 is 1.29 bits per heavy atom. The first-order valence-electron chi connectivity index (χ1n) is 6.29. The number of aromatic nitrogens is 1. The van der Waals surface area contributed by atoms with E-state index in [1.54, 1.807) is 0 Å². The van der Waals surface area contributed by atoms with E-state index in [2.05, 4.69) is 53.0 Å². The summed E-state index contributed by atoms with van der Waals surface area (Å²) in [5, 5.41) is 0. The van der Waals surface area contributed by atoms with Crippen molar-refractivity contribution < 1.29 is 0 Å². The van der Waals surface area contributed by atoms with Gasteiger partial charge in [-0.2, -0.15) is 0 Å². The minimum atomic E-state index is 1.000. The number of pyridine rings is 1. The Labute approximate surface area is 104 Å². The largest absolute Gasteiger partial charge is 0.354 e. The third kappa shape index (κ3) is 3.30. The van der Waals surface area contributed by atoms with Crippen LogP contribution in [0.4, 0.5) is 5.82 Å². The summed E-state index contributed by atoms with van der Waals surface area (Å²) in [7, 11) is 2.17. The molecule has 2 heterocycles. The molecule has 0 atom stereocenters. The molecule has 1 aromatic heterocycles. The van der Waals surface area contributed by atoms with Gasteiger partial charge in [0.25, 0.3) is 0 Å². The van der Waals surface area contributed by atoms with Crippen LogP contribution in [0.25, 0.3) is 0 Å². The van der Waals surface area contributed by atoms with Crippen molar-refractivity contribution in [1.82, 2.24) is 9.88 Å². The van der Waals surface area contributed by atoms with E-state index in [1.165, 1.54) is 5.56 Å². The van der Waals surface area contributed by atoms with E-state index in [0.29, 0.717) is 0 Å². The molecule has 0 radical (unpaired) electrons. The average Bonchev–Trinajstić information content (AvgIpc) is 2.37. The molecule has 2 rings (SSSR count). The lowest BCUT2D eigenvalue weighted by Gasteiger charge is -2.33. The van der Waals surface area contributed by atoms with Crippen molar-refractivity contribution in [2.75, 3.05) is 38.1 Å². The Kier molecular flexibility index (Phi) is 4.15. The maximum absolute atomic E-state index is 4.48. The SMILES string of the molecule is C/C=C\Cc1ccnc(N2CCN(C)CC2)c1. The summed E-state index contributed by atoms with van der Waals surface area (Å²) >= 11 is 0. The maximum atomic E-state index is 4.48. The van der Waals surface area contributed by atoms with Crippen LogP contribution in [-0.2, 0) is 6.42 Å². The Bertz CT molecular complexity index is 379. The topological polar surface area (TPSA) is 19.4 Å². The number of likely N-dealkylation sites (N-methyl/N-ethyl adjacent to an activating group) is 1. The number of nitrogens with zero attached hydrogens (tertiary/aromatic N) is 3. The van der Waals surface area contributed by atoms with E-state index in [-0.39, 0.29) is 0 Å². The van der Waals surface area contributed by atoms with Gasteiger partial charge in [0.1, 0.15) is 5.82 Å². The number of piperazine rings is 1. The Morgan fingerprint density at radius 3 is 2.76 bits per heavy atom. The normalized spacial score (nSPS) is 17.9. The molecule has 92 valence electrons. The van der Waals surface area contributed by atoms with Gasteiger partial charge in [-0.05, 0) is 38.1 Å². The second kappa shape index (κ2) is 5.82. The number of allylic oxidation sites excluding steroid dienone is 2. The van der Waals surface area contributed by atoms with E-state index in [1.807, 2.05) is 6.20 Å². The van der Waals surface area contributed by atoms with Crippen LogP contribution >= 0.6 is 0 Å². The van der Waals surface area contributed by atoms with Crippen molar-refractivity contribution in [3.8, 4) is 0 Å². The highest BCUT2D eigenvalue weighted by molar-refractivity contribution is 5.42. The van der Waals surface area contributed by atoms with Gasteiger partial charge in [0, 0.05) is 32.4 Å². The van der Waals surface area contributed by atoms with Gasteiger partial charge in [-0.1, -0.05) is 12.2 Å². The Balaban J connectivity index is 2.05. The first-order valence-corrected chi connectivity index (χ1v) is 6.29. The molecule has 0 unspecified atom stereocenters. The molecule has 0 amide bonds. The van der Waals surface area contributed by atoms with Crippen molar-refractivity contribution in [1.29, 1.82) is 0 Å². The molecule has 1 aliphatic rings. The molecule has 0 N–H and O–H groups in total. The number of rotatable bonds is 3.